The molecule has 0 N–H and O–H groups in total. The number of ether oxygens (including phenoxy) is 2. The summed E-state index contributed by atoms with van der Waals surface area (Å²) in [5, 5.41) is 0. The lowest BCUT2D eigenvalue weighted by Crippen LogP contribution is -2.39. The Labute approximate surface area is 99.9 Å². The summed E-state index contributed by atoms with van der Waals surface area (Å²) in [6.07, 6.45) is -0.431. The molecule has 0 unspecified atom stereocenters. The molecule has 1 rings (SSSR count). The Morgan fingerprint density at radius 2 is 1.94 bits per heavy atom. The number of amides is 2. The predicted molar refractivity (Wildman–Crippen MR) is 58.1 cm³/mol. The van der Waals surface area contributed by atoms with Crippen LogP contribution in [-0.2, 0) is 19.1 Å². The van der Waals surface area contributed by atoms with Crippen LogP contribution in [-0.4, -0.2) is 42.1 Å². The van der Waals surface area contributed by atoms with E-state index in [4.69, 9.17) is 4.74 Å². The summed E-state index contributed by atoms with van der Waals surface area (Å²) in [5.41, 5.74) is -0.666. The van der Waals surface area contributed by atoms with E-state index in [0.29, 0.717) is 0 Å². The third-order valence-corrected chi connectivity index (χ3v) is 2.31. The van der Waals surface area contributed by atoms with Gasteiger partial charge in [-0.3, -0.25) is 9.59 Å². The van der Waals surface area contributed by atoms with Gasteiger partial charge in [0.1, 0.15) is 11.5 Å². The molecule has 0 radical (unpaired) electrons. The van der Waals surface area contributed by atoms with Crippen molar-refractivity contribution in [1.82, 2.24) is 4.90 Å². The fraction of sp³-hybridized carbons (Fsp3) is 0.727. The second-order valence-corrected chi connectivity index (χ2v) is 4.83. The SMILES string of the molecule is COC(=O)[C@@H]1CCN(C(=O)OC(C)(C)C)C1=O. The summed E-state index contributed by atoms with van der Waals surface area (Å²) in [6.45, 7) is 5.32. The molecule has 0 spiro atoms. The van der Waals surface area contributed by atoms with E-state index in [0.717, 1.165) is 4.90 Å². The molecule has 6 heteroatoms. The van der Waals surface area contributed by atoms with Gasteiger partial charge in [-0.2, -0.15) is 0 Å². The largest absolute Gasteiger partial charge is 0.468 e. The Morgan fingerprint density at radius 3 is 2.41 bits per heavy atom. The first-order chi connectivity index (χ1) is 7.76. The van der Waals surface area contributed by atoms with Gasteiger partial charge in [0, 0.05) is 6.54 Å². The van der Waals surface area contributed by atoms with Crippen LogP contribution in [0.4, 0.5) is 4.79 Å². The van der Waals surface area contributed by atoms with Crippen LogP contribution < -0.4 is 0 Å². The van der Waals surface area contributed by atoms with E-state index in [2.05, 4.69) is 4.74 Å². The number of esters is 1. The Balaban J connectivity index is 2.67. The minimum Gasteiger partial charge on any atom is -0.468 e. The Hall–Kier alpha value is -1.59. The van der Waals surface area contributed by atoms with E-state index in [1.54, 1.807) is 20.8 Å². The molecule has 96 valence electrons. The molecule has 1 fully saturated rings. The fourth-order valence-corrected chi connectivity index (χ4v) is 1.54. The van der Waals surface area contributed by atoms with E-state index in [9.17, 15) is 14.4 Å². The van der Waals surface area contributed by atoms with Crippen LogP contribution in [0.3, 0.4) is 0 Å². The highest BCUT2D eigenvalue weighted by atomic mass is 16.6. The quantitative estimate of drug-likeness (QED) is 0.506. The molecule has 2 amide bonds. The molecule has 0 saturated carbocycles. The van der Waals surface area contributed by atoms with Gasteiger partial charge in [0.05, 0.1) is 7.11 Å². The van der Waals surface area contributed by atoms with Crippen molar-refractivity contribution < 1.29 is 23.9 Å². The summed E-state index contributed by atoms with van der Waals surface area (Å²) >= 11 is 0. The third kappa shape index (κ3) is 3.18. The van der Waals surface area contributed by atoms with Crippen LogP contribution >= 0.6 is 0 Å². The highest BCUT2D eigenvalue weighted by Crippen LogP contribution is 2.21. The molecule has 1 atom stereocenters. The first-order valence-corrected chi connectivity index (χ1v) is 5.38. The van der Waals surface area contributed by atoms with Gasteiger partial charge in [-0.25, -0.2) is 9.69 Å². The van der Waals surface area contributed by atoms with Crippen molar-refractivity contribution in [3.8, 4) is 0 Å². The average molecular weight is 243 g/mol. The predicted octanol–water partition coefficient (Wildman–Crippen LogP) is 0.943. The highest BCUT2D eigenvalue weighted by molar-refractivity contribution is 6.05. The summed E-state index contributed by atoms with van der Waals surface area (Å²) in [5.74, 6) is -2.04. The minimum atomic E-state index is -0.882. The third-order valence-electron chi connectivity index (χ3n) is 2.31. The van der Waals surface area contributed by atoms with Crippen LogP contribution in [0.1, 0.15) is 27.2 Å². The van der Waals surface area contributed by atoms with Crippen LogP contribution in [0.2, 0.25) is 0 Å². The molecule has 1 saturated heterocycles. The molecule has 1 aliphatic heterocycles. The molecular formula is C11H17NO5. The number of likely N-dealkylation sites (tertiary alicyclic amines) is 1. The molecule has 6 nitrogen and oxygen atoms in total. The number of nitrogens with zero attached hydrogens (tertiary/aromatic N) is 1. The zero-order valence-electron chi connectivity index (χ0n) is 10.5. The van der Waals surface area contributed by atoms with Crippen LogP contribution in [0.25, 0.3) is 0 Å². The lowest BCUT2D eigenvalue weighted by Gasteiger charge is -2.23. The normalized spacial score (nSPS) is 20.4. The highest BCUT2D eigenvalue weighted by Gasteiger charge is 2.42. The van der Waals surface area contributed by atoms with Gasteiger partial charge in [0.15, 0.2) is 0 Å². The maximum Gasteiger partial charge on any atom is 0.417 e. The molecule has 1 heterocycles. The lowest BCUT2D eigenvalue weighted by molar-refractivity contribution is -0.150. The Morgan fingerprint density at radius 1 is 1.35 bits per heavy atom. The van der Waals surface area contributed by atoms with Crippen molar-refractivity contribution in [2.24, 2.45) is 5.92 Å². The Kier molecular flexibility index (Phi) is 3.75. The van der Waals surface area contributed by atoms with Crippen LogP contribution in [0.5, 0.6) is 0 Å². The maximum absolute atomic E-state index is 11.8. The van der Waals surface area contributed by atoms with Gasteiger partial charge >= 0.3 is 12.1 Å². The van der Waals surface area contributed by atoms with Gasteiger partial charge in [-0.1, -0.05) is 0 Å². The monoisotopic (exact) mass is 243 g/mol. The molecule has 17 heavy (non-hydrogen) atoms. The minimum absolute atomic E-state index is 0.188. The molecular weight excluding hydrogens is 226 g/mol. The van der Waals surface area contributed by atoms with Crippen LogP contribution in [0, 0.1) is 5.92 Å². The molecule has 0 aliphatic carbocycles. The number of imide groups is 1. The topological polar surface area (TPSA) is 72.9 Å². The van der Waals surface area contributed by atoms with Gasteiger partial charge in [0.2, 0.25) is 5.91 Å². The molecule has 1 aliphatic rings. The summed E-state index contributed by atoms with van der Waals surface area (Å²) in [7, 11) is 1.21. The maximum atomic E-state index is 11.8. The Bertz CT molecular complexity index is 344. The van der Waals surface area contributed by atoms with Crippen molar-refractivity contribution >= 4 is 18.0 Å². The van der Waals surface area contributed by atoms with Crippen molar-refractivity contribution in [2.45, 2.75) is 32.8 Å². The number of hydrogen-bond acceptors (Lipinski definition) is 5. The molecule has 0 aromatic carbocycles. The van der Waals surface area contributed by atoms with E-state index in [1.807, 2.05) is 0 Å². The van der Waals surface area contributed by atoms with Crippen molar-refractivity contribution in [1.29, 1.82) is 0 Å². The summed E-state index contributed by atoms with van der Waals surface area (Å²) in [6, 6.07) is 0. The van der Waals surface area contributed by atoms with Gasteiger partial charge in [-0.05, 0) is 27.2 Å². The fourth-order valence-electron chi connectivity index (χ4n) is 1.54. The van der Waals surface area contributed by atoms with E-state index >= 15 is 0 Å². The van der Waals surface area contributed by atoms with Crippen molar-refractivity contribution in [3.63, 3.8) is 0 Å². The summed E-state index contributed by atoms with van der Waals surface area (Å²) < 4.78 is 9.56. The number of rotatable bonds is 1. The molecule has 0 aromatic rings. The number of methoxy groups -OCH3 is 1. The second kappa shape index (κ2) is 4.73. The standard InChI is InChI=1S/C11H17NO5/c1-11(2,3)17-10(15)12-6-5-7(8(12)13)9(14)16-4/h7H,5-6H2,1-4H3/t7-/m1/s1. The van der Waals surface area contributed by atoms with Gasteiger partial charge in [-0.15, -0.1) is 0 Å². The smallest absolute Gasteiger partial charge is 0.417 e. The summed E-state index contributed by atoms with van der Waals surface area (Å²) in [4.78, 5) is 35.6. The van der Waals surface area contributed by atoms with Gasteiger partial charge < -0.3 is 9.47 Å². The zero-order chi connectivity index (χ0) is 13.2. The van der Waals surface area contributed by atoms with Crippen molar-refractivity contribution in [2.75, 3.05) is 13.7 Å². The van der Waals surface area contributed by atoms with E-state index in [1.165, 1.54) is 7.11 Å². The first-order valence-electron chi connectivity index (χ1n) is 5.38. The molecule has 0 aromatic heterocycles. The van der Waals surface area contributed by atoms with Crippen molar-refractivity contribution in [3.05, 3.63) is 0 Å². The van der Waals surface area contributed by atoms with Gasteiger partial charge in [0.25, 0.3) is 0 Å². The second-order valence-electron chi connectivity index (χ2n) is 4.83. The number of hydrogen-bond donors (Lipinski definition) is 0. The zero-order valence-corrected chi connectivity index (χ0v) is 10.5. The molecule has 0 bridgehead atoms. The number of carbonyl (C=O) groups is 3. The van der Waals surface area contributed by atoms with Crippen LogP contribution in [0.15, 0.2) is 0 Å². The lowest BCUT2D eigenvalue weighted by atomic mass is 10.1. The van der Waals surface area contributed by atoms with E-state index < -0.39 is 29.5 Å². The first kappa shape index (κ1) is 13.5. The van der Waals surface area contributed by atoms with E-state index in [-0.39, 0.29) is 13.0 Å². The number of carbonyl (C=O) groups excluding carboxylic acids is 3. The average Bonchev–Trinajstić information content (AvgIpc) is 2.56.